The number of hydrogen-bond donors (Lipinski definition) is 0. The monoisotopic (exact) mass is 874 g/mol. The Labute approximate surface area is 383 Å². The Morgan fingerprint density at radius 1 is 0.431 bits per heavy atom. The van der Waals surface area contributed by atoms with Gasteiger partial charge in [0.05, 0.1) is 22.4 Å². The van der Waals surface area contributed by atoms with E-state index in [-0.39, 0.29) is 10.8 Å². The first kappa shape index (κ1) is 38.8. The summed E-state index contributed by atoms with van der Waals surface area (Å²) in [6.45, 7) is 2.38. The fraction of sp³-hybridized carbons (Fsp3) is 0.0536. The molecule has 0 spiro atoms. The second-order valence-corrected chi connectivity index (χ2v) is 18.5. The lowest BCUT2D eigenvalue weighted by Crippen LogP contribution is -2.34. The molecule has 0 radical (unpaired) electrons. The van der Waals surface area contributed by atoms with E-state index >= 15 is 0 Å². The van der Waals surface area contributed by atoms with Crippen LogP contribution >= 0.6 is 22.7 Å². The topological polar surface area (TPSA) is 76.8 Å². The molecule has 0 bridgehead atoms. The SMILES string of the molecule is CC1(Cc2ccc(-c3nnc(-c4ccc(-n5c6ccccc6c(=O)c6ccccc65)cc4)s3)cc2)c2ccccc2N(c2ccc(-c3nnc(-c4ccccc4)s3)cc2)c2ccccc21. The van der Waals surface area contributed by atoms with Crippen LogP contribution in [0.3, 0.4) is 0 Å². The van der Waals surface area contributed by atoms with Crippen molar-refractivity contribution in [2.75, 3.05) is 4.90 Å². The van der Waals surface area contributed by atoms with Crippen molar-refractivity contribution in [3.05, 3.63) is 227 Å². The minimum atomic E-state index is -0.290. The van der Waals surface area contributed by atoms with Gasteiger partial charge in [-0.25, -0.2) is 0 Å². The van der Waals surface area contributed by atoms with E-state index in [0.29, 0.717) is 10.8 Å². The van der Waals surface area contributed by atoms with Crippen LogP contribution in [0.4, 0.5) is 17.1 Å². The fourth-order valence-corrected chi connectivity index (χ4v) is 11.2. The van der Waals surface area contributed by atoms with Crippen LogP contribution in [-0.4, -0.2) is 25.0 Å². The van der Waals surface area contributed by atoms with Crippen LogP contribution in [0.15, 0.2) is 205 Å². The Morgan fingerprint density at radius 2 is 0.831 bits per heavy atom. The highest BCUT2D eigenvalue weighted by atomic mass is 32.1. The van der Waals surface area contributed by atoms with Gasteiger partial charge >= 0.3 is 0 Å². The van der Waals surface area contributed by atoms with Gasteiger partial charge in [0.15, 0.2) is 5.43 Å². The number of fused-ring (bicyclic) bond motifs is 4. The number of anilines is 3. The van der Waals surface area contributed by atoms with Gasteiger partial charge in [-0.2, -0.15) is 0 Å². The molecule has 7 nitrogen and oxygen atoms in total. The van der Waals surface area contributed by atoms with E-state index in [1.54, 1.807) is 22.7 Å². The molecule has 0 saturated heterocycles. The highest BCUT2D eigenvalue weighted by Gasteiger charge is 2.40. The predicted octanol–water partition coefficient (Wildman–Crippen LogP) is 13.8. The maximum absolute atomic E-state index is 13.3. The maximum Gasteiger partial charge on any atom is 0.197 e. The molecular weight excluding hydrogens is 837 g/mol. The number of rotatable bonds is 8. The van der Waals surface area contributed by atoms with Gasteiger partial charge in [-0.15, -0.1) is 20.4 Å². The largest absolute Gasteiger partial charge is 0.310 e. The molecule has 3 aromatic heterocycles. The molecule has 11 aromatic rings. The van der Waals surface area contributed by atoms with Crippen molar-refractivity contribution in [2.45, 2.75) is 18.8 Å². The van der Waals surface area contributed by atoms with Gasteiger partial charge in [-0.3, -0.25) is 4.79 Å². The van der Waals surface area contributed by atoms with Crippen LogP contribution in [0.2, 0.25) is 0 Å². The van der Waals surface area contributed by atoms with Crippen LogP contribution < -0.4 is 10.3 Å². The second-order valence-electron chi connectivity index (χ2n) is 16.6. The summed E-state index contributed by atoms with van der Waals surface area (Å²) in [7, 11) is 0. The molecule has 0 fully saturated rings. The van der Waals surface area contributed by atoms with Gasteiger partial charge in [0, 0.05) is 49.8 Å². The zero-order valence-electron chi connectivity index (χ0n) is 35.2. The molecule has 0 unspecified atom stereocenters. The lowest BCUT2D eigenvalue weighted by molar-refractivity contribution is 0.561. The Morgan fingerprint density at radius 3 is 1.34 bits per heavy atom. The zero-order chi connectivity index (χ0) is 43.5. The Kier molecular flexibility index (Phi) is 9.40. The van der Waals surface area contributed by atoms with Gasteiger partial charge in [-0.05, 0) is 108 Å². The van der Waals surface area contributed by atoms with Crippen molar-refractivity contribution >= 4 is 61.5 Å². The summed E-state index contributed by atoms with van der Waals surface area (Å²) >= 11 is 3.19. The molecule has 4 heterocycles. The summed E-state index contributed by atoms with van der Waals surface area (Å²) in [5.41, 5.74) is 13.9. The van der Waals surface area contributed by atoms with E-state index in [2.05, 4.69) is 170 Å². The van der Waals surface area contributed by atoms with Gasteiger partial charge in [0.25, 0.3) is 0 Å². The Balaban J connectivity index is 0.806. The minimum Gasteiger partial charge on any atom is -0.310 e. The maximum atomic E-state index is 13.3. The van der Waals surface area contributed by atoms with E-state index in [0.717, 1.165) is 71.1 Å². The molecule has 1 aliphatic rings. The lowest BCUT2D eigenvalue weighted by atomic mass is 9.68. The quantitative estimate of drug-likeness (QED) is 0.142. The van der Waals surface area contributed by atoms with Gasteiger partial charge < -0.3 is 9.47 Å². The van der Waals surface area contributed by atoms with Crippen molar-refractivity contribution in [1.82, 2.24) is 25.0 Å². The van der Waals surface area contributed by atoms with Crippen LogP contribution in [0.25, 0.3) is 69.8 Å². The third-order valence-corrected chi connectivity index (χ3v) is 14.7. The molecule has 12 rings (SSSR count). The lowest BCUT2D eigenvalue weighted by Gasteiger charge is -2.44. The van der Waals surface area contributed by atoms with Crippen LogP contribution in [-0.2, 0) is 11.8 Å². The summed E-state index contributed by atoms with van der Waals surface area (Å²) < 4.78 is 2.16. The Bertz CT molecular complexity index is 3510. The number of pyridine rings is 1. The van der Waals surface area contributed by atoms with E-state index in [1.165, 1.54) is 28.1 Å². The van der Waals surface area contributed by atoms with Crippen molar-refractivity contribution in [3.63, 3.8) is 0 Å². The normalized spacial score (nSPS) is 12.9. The van der Waals surface area contributed by atoms with Crippen LogP contribution in [0.5, 0.6) is 0 Å². The van der Waals surface area contributed by atoms with Crippen molar-refractivity contribution in [3.8, 4) is 48.0 Å². The molecule has 9 heteroatoms. The third kappa shape index (κ3) is 6.67. The molecular formula is C56H38N6OS2. The van der Waals surface area contributed by atoms with Gasteiger partial charge in [0.2, 0.25) is 0 Å². The molecule has 1 aliphatic heterocycles. The molecule has 310 valence electrons. The summed E-state index contributed by atoms with van der Waals surface area (Å²) in [5, 5.41) is 23.2. The summed E-state index contributed by atoms with van der Waals surface area (Å²) in [5.74, 6) is 0. The third-order valence-electron chi connectivity index (χ3n) is 12.6. The molecule has 0 aliphatic carbocycles. The van der Waals surface area contributed by atoms with E-state index < -0.39 is 0 Å². The Hall–Kier alpha value is -7.85. The second kappa shape index (κ2) is 15.7. The van der Waals surface area contributed by atoms with E-state index in [9.17, 15) is 4.79 Å². The molecule has 0 N–H and O–H groups in total. The number of aromatic nitrogens is 5. The minimum absolute atomic E-state index is 0.0479. The highest BCUT2D eigenvalue weighted by molar-refractivity contribution is 7.18. The zero-order valence-corrected chi connectivity index (χ0v) is 36.8. The van der Waals surface area contributed by atoms with Crippen LogP contribution in [0.1, 0.15) is 23.6 Å². The molecule has 8 aromatic carbocycles. The summed E-state index contributed by atoms with van der Waals surface area (Å²) in [4.78, 5) is 15.7. The average molecular weight is 875 g/mol. The fourth-order valence-electron chi connectivity index (χ4n) is 9.46. The van der Waals surface area contributed by atoms with Gasteiger partial charge in [-0.1, -0.05) is 145 Å². The van der Waals surface area contributed by atoms with Crippen LogP contribution in [0, 0.1) is 0 Å². The highest BCUT2D eigenvalue weighted by Crippen LogP contribution is 2.53. The molecule has 0 amide bonds. The number of nitrogens with zero attached hydrogens (tertiary/aromatic N) is 6. The smallest absolute Gasteiger partial charge is 0.197 e. The standard InChI is InChI=1S/C56H38N6OS2/c1-56(45-17-7-11-21-49(45)62(50-22-12-8-18-46(50)56)42-33-29-40(30-34-42)54-59-57-52(64-54)37-13-3-2-4-14-37)35-36-23-25-38(26-24-36)53-58-60-55(65-53)39-27-31-41(32-28-39)61-47-19-9-5-15-43(47)51(63)44-16-6-10-20-48(44)61/h2-34H,35H2,1H3. The number of para-hydroxylation sites is 4. The first-order valence-corrected chi connectivity index (χ1v) is 23.2. The number of benzene rings is 8. The number of hydrogen-bond acceptors (Lipinski definition) is 8. The predicted molar refractivity (Wildman–Crippen MR) is 267 cm³/mol. The van der Waals surface area contributed by atoms with Crippen molar-refractivity contribution in [2.24, 2.45) is 0 Å². The van der Waals surface area contributed by atoms with E-state index in [4.69, 9.17) is 0 Å². The first-order valence-electron chi connectivity index (χ1n) is 21.5. The summed E-state index contributed by atoms with van der Waals surface area (Å²) in [6, 6.07) is 69.3. The van der Waals surface area contributed by atoms with Gasteiger partial charge in [0.1, 0.15) is 20.0 Å². The van der Waals surface area contributed by atoms with Crippen molar-refractivity contribution < 1.29 is 0 Å². The van der Waals surface area contributed by atoms with E-state index in [1.807, 2.05) is 66.7 Å². The molecule has 0 saturated carbocycles. The summed E-state index contributed by atoms with van der Waals surface area (Å²) in [6.07, 6.45) is 0.822. The first-order chi connectivity index (χ1) is 32.0. The average Bonchev–Trinajstić information content (AvgIpc) is 4.08. The van der Waals surface area contributed by atoms with Crippen molar-refractivity contribution in [1.29, 1.82) is 0 Å². The molecule has 65 heavy (non-hydrogen) atoms. The molecule has 0 atom stereocenters.